The molecule has 1 N–H and O–H groups in total. The molecule has 1 unspecified atom stereocenters. The van der Waals surface area contributed by atoms with Gasteiger partial charge in [-0.1, -0.05) is 48.5 Å². The average Bonchev–Trinajstić information content (AvgIpc) is 2.83. The maximum atomic E-state index is 13.2. The van der Waals surface area contributed by atoms with Gasteiger partial charge in [-0.15, -0.1) is 0 Å². The van der Waals surface area contributed by atoms with Crippen LogP contribution in [0.5, 0.6) is 11.5 Å². The van der Waals surface area contributed by atoms with E-state index < -0.39 is 6.04 Å². The predicted octanol–water partition coefficient (Wildman–Crippen LogP) is 5.25. The van der Waals surface area contributed by atoms with Gasteiger partial charge in [0.05, 0.1) is 17.2 Å². The first-order valence-corrected chi connectivity index (χ1v) is 11.9. The largest absolute Gasteiger partial charge is 0.497 e. The average molecular weight is 493 g/mol. The van der Waals surface area contributed by atoms with E-state index in [1.807, 2.05) is 0 Å². The van der Waals surface area contributed by atoms with Gasteiger partial charge < -0.3 is 19.7 Å². The van der Waals surface area contributed by atoms with Crippen molar-refractivity contribution in [1.29, 1.82) is 0 Å². The molecule has 178 valence electrons. The van der Waals surface area contributed by atoms with E-state index in [1.54, 1.807) is 56.5 Å². The quantitative estimate of drug-likeness (QED) is 0.519. The molecule has 1 saturated carbocycles. The number of halogens is 2. The Morgan fingerprint density at radius 2 is 1.70 bits per heavy atom. The van der Waals surface area contributed by atoms with E-state index in [2.05, 4.69) is 5.32 Å². The standard InChI is InChI=1S/C25H30Cl2N2O4/c1-17(25(31)28-19-6-4-3-5-7-19)29(15-18-8-13-22(26)23(27)14-18)24(30)16-33-21-11-9-20(32-2)10-12-21/h8-14,17,19H,3-7,15-16H2,1-2H3,(H,28,31). The summed E-state index contributed by atoms with van der Waals surface area (Å²) >= 11 is 12.2. The van der Waals surface area contributed by atoms with Crippen molar-refractivity contribution < 1.29 is 19.1 Å². The Balaban J connectivity index is 1.71. The third kappa shape index (κ3) is 7.27. The van der Waals surface area contributed by atoms with Crippen LogP contribution >= 0.6 is 23.2 Å². The summed E-state index contributed by atoms with van der Waals surface area (Å²) in [6, 6.07) is 11.7. The highest BCUT2D eigenvalue weighted by Gasteiger charge is 2.28. The number of methoxy groups -OCH3 is 1. The zero-order valence-corrected chi connectivity index (χ0v) is 20.5. The Hall–Kier alpha value is -2.44. The topological polar surface area (TPSA) is 67.9 Å². The van der Waals surface area contributed by atoms with Crippen molar-refractivity contribution in [2.75, 3.05) is 13.7 Å². The molecule has 2 aromatic rings. The van der Waals surface area contributed by atoms with Crippen LogP contribution in [0.25, 0.3) is 0 Å². The first kappa shape index (κ1) is 25.2. The van der Waals surface area contributed by atoms with Gasteiger partial charge in [0.25, 0.3) is 5.91 Å². The smallest absolute Gasteiger partial charge is 0.261 e. The molecule has 2 aromatic carbocycles. The minimum atomic E-state index is -0.673. The van der Waals surface area contributed by atoms with Gasteiger partial charge in [0.1, 0.15) is 17.5 Å². The highest BCUT2D eigenvalue weighted by atomic mass is 35.5. The van der Waals surface area contributed by atoms with Crippen LogP contribution in [-0.4, -0.2) is 42.5 Å². The Morgan fingerprint density at radius 3 is 2.33 bits per heavy atom. The van der Waals surface area contributed by atoms with Crippen molar-refractivity contribution in [3.63, 3.8) is 0 Å². The zero-order chi connectivity index (χ0) is 23.8. The van der Waals surface area contributed by atoms with E-state index in [-0.39, 0.29) is 31.0 Å². The molecule has 33 heavy (non-hydrogen) atoms. The predicted molar refractivity (Wildman–Crippen MR) is 130 cm³/mol. The van der Waals surface area contributed by atoms with Crippen LogP contribution in [0.15, 0.2) is 42.5 Å². The molecule has 1 aliphatic carbocycles. The van der Waals surface area contributed by atoms with Gasteiger partial charge in [-0.3, -0.25) is 9.59 Å². The molecule has 0 radical (unpaired) electrons. The molecule has 0 spiro atoms. The number of ether oxygens (including phenoxy) is 2. The van der Waals surface area contributed by atoms with Gasteiger partial charge in [0.2, 0.25) is 5.91 Å². The minimum Gasteiger partial charge on any atom is -0.497 e. The molecule has 0 aliphatic heterocycles. The van der Waals surface area contributed by atoms with Gasteiger partial charge in [0, 0.05) is 12.6 Å². The molecule has 6 nitrogen and oxygen atoms in total. The fraction of sp³-hybridized carbons (Fsp3) is 0.440. The lowest BCUT2D eigenvalue weighted by atomic mass is 9.95. The van der Waals surface area contributed by atoms with Crippen LogP contribution in [0.2, 0.25) is 10.0 Å². The van der Waals surface area contributed by atoms with Crippen LogP contribution in [0, 0.1) is 0 Å². The first-order valence-electron chi connectivity index (χ1n) is 11.2. The summed E-state index contributed by atoms with van der Waals surface area (Å²) in [5.74, 6) is 0.767. The SMILES string of the molecule is COc1ccc(OCC(=O)N(Cc2ccc(Cl)c(Cl)c2)C(C)C(=O)NC2CCCCC2)cc1. The lowest BCUT2D eigenvalue weighted by Gasteiger charge is -2.31. The summed E-state index contributed by atoms with van der Waals surface area (Å²) in [6.07, 6.45) is 5.37. The number of hydrogen-bond acceptors (Lipinski definition) is 4. The molecule has 2 amide bonds. The molecule has 1 fully saturated rings. The number of nitrogens with one attached hydrogen (secondary N) is 1. The summed E-state index contributed by atoms with van der Waals surface area (Å²) in [5, 5.41) is 3.94. The fourth-order valence-electron chi connectivity index (χ4n) is 3.89. The molecule has 1 atom stereocenters. The third-order valence-corrected chi connectivity index (χ3v) is 6.62. The van der Waals surface area contributed by atoms with E-state index >= 15 is 0 Å². The van der Waals surface area contributed by atoms with Gasteiger partial charge in [0.15, 0.2) is 6.61 Å². The van der Waals surface area contributed by atoms with Crippen LogP contribution < -0.4 is 14.8 Å². The number of benzene rings is 2. The van der Waals surface area contributed by atoms with Gasteiger partial charge >= 0.3 is 0 Å². The highest BCUT2D eigenvalue weighted by molar-refractivity contribution is 6.42. The van der Waals surface area contributed by atoms with Crippen LogP contribution in [0.4, 0.5) is 0 Å². The van der Waals surface area contributed by atoms with Gasteiger partial charge in [-0.05, 0) is 61.7 Å². The number of amides is 2. The van der Waals surface area contributed by atoms with Crippen molar-refractivity contribution in [3.8, 4) is 11.5 Å². The Labute approximate surface area is 205 Å². The van der Waals surface area contributed by atoms with E-state index in [0.717, 1.165) is 31.2 Å². The number of rotatable bonds is 9. The second-order valence-corrected chi connectivity index (χ2v) is 9.07. The Morgan fingerprint density at radius 1 is 1.03 bits per heavy atom. The molecular weight excluding hydrogens is 463 g/mol. The normalized spacial score (nSPS) is 14.9. The Kier molecular flexibility index (Phi) is 9.27. The summed E-state index contributed by atoms with van der Waals surface area (Å²) < 4.78 is 10.8. The van der Waals surface area contributed by atoms with Gasteiger partial charge in [-0.25, -0.2) is 0 Å². The monoisotopic (exact) mass is 492 g/mol. The Bertz CT molecular complexity index is 946. The van der Waals surface area contributed by atoms with E-state index in [0.29, 0.717) is 21.5 Å². The van der Waals surface area contributed by atoms with Crippen LogP contribution in [0.3, 0.4) is 0 Å². The van der Waals surface area contributed by atoms with Crippen molar-refractivity contribution in [2.45, 2.75) is 57.7 Å². The van der Waals surface area contributed by atoms with Gasteiger partial charge in [-0.2, -0.15) is 0 Å². The zero-order valence-electron chi connectivity index (χ0n) is 19.0. The number of nitrogens with zero attached hydrogens (tertiary/aromatic N) is 1. The van der Waals surface area contributed by atoms with Crippen molar-refractivity contribution in [3.05, 3.63) is 58.1 Å². The van der Waals surface area contributed by atoms with Crippen molar-refractivity contribution >= 4 is 35.0 Å². The molecule has 0 saturated heterocycles. The van der Waals surface area contributed by atoms with E-state index in [1.165, 1.54) is 11.3 Å². The van der Waals surface area contributed by atoms with E-state index in [4.69, 9.17) is 32.7 Å². The molecule has 3 rings (SSSR count). The second kappa shape index (κ2) is 12.1. The third-order valence-electron chi connectivity index (χ3n) is 5.88. The summed E-state index contributed by atoms with van der Waals surface area (Å²) in [5.41, 5.74) is 0.777. The number of carbonyl (C=O) groups is 2. The number of carbonyl (C=O) groups excluding carboxylic acids is 2. The van der Waals surface area contributed by atoms with Crippen LogP contribution in [0.1, 0.15) is 44.6 Å². The first-order chi connectivity index (χ1) is 15.9. The fourth-order valence-corrected chi connectivity index (χ4v) is 4.21. The highest BCUT2D eigenvalue weighted by Crippen LogP contribution is 2.24. The maximum absolute atomic E-state index is 13.2. The molecule has 1 aliphatic rings. The van der Waals surface area contributed by atoms with E-state index in [9.17, 15) is 9.59 Å². The molecular formula is C25H30Cl2N2O4. The van der Waals surface area contributed by atoms with Crippen molar-refractivity contribution in [2.24, 2.45) is 0 Å². The lowest BCUT2D eigenvalue weighted by molar-refractivity contribution is -0.142. The van der Waals surface area contributed by atoms with Crippen molar-refractivity contribution in [1.82, 2.24) is 10.2 Å². The lowest BCUT2D eigenvalue weighted by Crippen LogP contribution is -2.51. The van der Waals surface area contributed by atoms with Crippen LogP contribution in [-0.2, 0) is 16.1 Å². The summed E-state index contributed by atoms with van der Waals surface area (Å²) in [7, 11) is 1.58. The molecule has 8 heteroatoms. The second-order valence-electron chi connectivity index (χ2n) is 8.25. The molecule has 0 bridgehead atoms. The maximum Gasteiger partial charge on any atom is 0.261 e. The minimum absolute atomic E-state index is 0.158. The molecule has 0 heterocycles. The molecule has 0 aromatic heterocycles. The summed E-state index contributed by atoms with van der Waals surface area (Å²) in [4.78, 5) is 27.7. The number of hydrogen-bond donors (Lipinski definition) is 1. The summed E-state index contributed by atoms with van der Waals surface area (Å²) in [6.45, 7) is 1.75.